The third-order valence-electron chi connectivity index (χ3n) is 7.22. The van der Waals surface area contributed by atoms with E-state index in [0.717, 1.165) is 35.9 Å². The number of non-ortho nitro benzene ring substituents is 1. The first kappa shape index (κ1) is 30.7. The van der Waals surface area contributed by atoms with Gasteiger partial charge in [0.15, 0.2) is 6.23 Å². The number of rotatable bonds is 11. The first-order valence-electron chi connectivity index (χ1n) is 14.6. The van der Waals surface area contributed by atoms with E-state index in [1.165, 1.54) is 12.1 Å². The molecule has 0 radical (unpaired) electrons. The molecule has 226 valence electrons. The van der Waals surface area contributed by atoms with Crippen LogP contribution in [-0.2, 0) is 9.53 Å². The zero-order chi connectivity index (χ0) is 30.3. The summed E-state index contributed by atoms with van der Waals surface area (Å²) in [5, 5.41) is 15.1. The van der Waals surface area contributed by atoms with E-state index < -0.39 is 22.8 Å². The number of aromatic amines is 1. The van der Waals surface area contributed by atoms with Crippen LogP contribution in [-0.4, -0.2) is 64.3 Å². The number of nitro benzene ring substituents is 1. The first-order chi connectivity index (χ1) is 20.1. The Kier molecular flexibility index (Phi) is 9.92. The smallest absolute Gasteiger partial charge is 0.407 e. The van der Waals surface area contributed by atoms with E-state index in [0.29, 0.717) is 31.7 Å². The summed E-state index contributed by atoms with van der Waals surface area (Å²) in [6, 6.07) is 13.7. The molecular weight excluding hydrogens is 538 g/mol. The van der Waals surface area contributed by atoms with Crippen molar-refractivity contribution in [1.82, 2.24) is 15.2 Å². The molecule has 2 amide bonds. The van der Waals surface area contributed by atoms with Gasteiger partial charge in [-0.3, -0.25) is 14.9 Å². The number of hydrogen-bond donors (Lipinski definition) is 2. The molecule has 1 saturated heterocycles. The molecule has 1 aromatic heterocycles. The van der Waals surface area contributed by atoms with Crippen LogP contribution in [0.25, 0.3) is 10.9 Å². The lowest BCUT2D eigenvalue weighted by Crippen LogP contribution is -2.64. The van der Waals surface area contributed by atoms with Gasteiger partial charge in [-0.2, -0.15) is 0 Å². The van der Waals surface area contributed by atoms with Gasteiger partial charge in [0.05, 0.1) is 11.0 Å². The SMILES string of the molecule is CCCCCC(=O)N1CCN(c2ccc([N+](=O)[O-])cc2)C(CCNC(=O)OC(C)(C)C)C1Oc1ccc2[nH]ccc2c1. The van der Waals surface area contributed by atoms with E-state index in [2.05, 4.69) is 22.1 Å². The number of nitrogens with zero attached hydrogens (tertiary/aromatic N) is 3. The second-order valence-corrected chi connectivity index (χ2v) is 11.5. The average Bonchev–Trinajstić information content (AvgIpc) is 3.41. The van der Waals surface area contributed by atoms with Crippen molar-refractivity contribution in [3.63, 3.8) is 0 Å². The highest BCUT2D eigenvalue weighted by atomic mass is 16.6. The minimum Gasteiger partial charge on any atom is -0.468 e. The van der Waals surface area contributed by atoms with Crippen LogP contribution in [0.15, 0.2) is 54.7 Å². The summed E-state index contributed by atoms with van der Waals surface area (Å²) in [5.74, 6) is 0.638. The van der Waals surface area contributed by atoms with Crippen LogP contribution >= 0.6 is 0 Å². The van der Waals surface area contributed by atoms with Crippen molar-refractivity contribution < 1.29 is 24.0 Å². The number of nitro groups is 1. The van der Waals surface area contributed by atoms with Gasteiger partial charge < -0.3 is 29.6 Å². The predicted molar refractivity (Wildman–Crippen MR) is 162 cm³/mol. The molecule has 2 aromatic carbocycles. The van der Waals surface area contributed by atoms with Crippen LogP contribution in [0.1, 0.15) is 59.8 Å². The van der Waals surface area contributed by atoms with Crippen LogP contribution in [0.2, 0.25) is 0 Å². The highest BCUT2D eigenvalue weighted by molar-refractivity contribution is 5.81. The summed E-state index contributed by atoms with van der Waals surface area (Å²) in [7, 11) is 0. The van der Waals surface area contributed by atoms with Crippen molar-refractivity contribution in [3.8, 4) is 5.75 Å². The van der Waals surface area contributed by atoms with Crippen LogP contribution in [0.4, 0.5) is 16.2 Å². The maximum Gasteiger partial charge on any atom is 0.407 e. The van der Waals surface area contributed by atoms with Gasteiger partial charge in [-0.1, -0.05) is 19.8 Å². The van der Waals surface area contributed by atoms with Crippen molar-refractivity contribution in [2.75, 3.05) is 24.5 Å². The van der Waals surface area contributed by atoms with Crippen molar-refractivity contribution in [2.45, 2.75) is 77.7 Å². The normalized spacial score (nSPS) is 17.2. The fourth-order valence-electron chi connectivity index (χ4n) is 5.21. The van der Waals surface area contributed by atoms with E-state index in [9.17, 15) is 19.7 Å². The summed E-state index contributed by atoms with van der Waals surface area (Å²) >= 11 is 0. The molecule has 2 unspecified atom stereocenters. The molecule has 2 N–H and O–H groups in total. The summed E-state index contributed by atoms with van der Waals surface area (Å²) < 4.78 is 12.1. The van der Waals surface area contributed by atoms with Crippen molar-refractivity contribution in [2.24, 2.45) is 0 Å². The Balaban J connectivity index is 1.65. The van der Waals surface area contributed by atoms with Gasteiger partial charge in [0.25, 0.3) is 5.69 Å². The second kappa shape index (κ2) is 13.6. The topological polar surface area (TPSA) is 130 Å². The summed E-state index contributed by atoms with van der Waals surface area (Å²) in [5.41, 5.74) is 1.11. The largest absolute Gasteiger partial charge is 0.468 e. The van der Waals surface area contributed by atoms with Gasteiger partial charge in [0, 0.05) is 61.0 Å². The standard InChI is InChI=1S/C31H41N5O6/c1-5-6-7-8-28(37)35-20-19-34(23-9-11-24(12-10-23)36(39)40)27(16-18-33-30(38)42-31(2,3)4)29(35)41-25-13-14-26-22(21-25)15-17-32-26/h9-15,17,21,27,29,32H,5-8,16,18-20H2,1-4H3,(H,33,38). The average molecular weight is 580 g/mol. The van der Waals surface area contributed by atoms with Crippen LogP contribution in [0.5, 0.6) is 5.75 Å². The number of hydrogen-bond acceptors (Lipinski definition) is 7. The van der Waals surface area contributed by atoms with Gasteiger partial charge in [0.1, 0.15) is 11.4 Å². The number of amides is 2. The van der Waals surface area contributed by atoms with Crippen molar-refractivity contribution >= 4 is 34.3 Å². The number of nitrogens with one attached hydrogen (secondary N) is 2. The molecule has 0 aliphatic carbocycles. The number of carbonyl (C=O) groups is 2. The molecule has 2 heterocycles. The van der Waals surface area contributed by atoms with E-state index in [4.69, 9.17) is 9.47 Å². The van der Waals surface area contributed by atoms with Gasteiger partial charge >= 0.3 is 6.09 Å². The Labute approximate surface area is 246 Å². The second-order valence-electron chi connectivity index (χ2n) is 11.5. The van der Waals surface area contributed by atoms with Gasteiger partial charge in [-0.25, -0.2) is 4.79 Å². The fraction of sp³-hybridized carbons (Fsp3) is 0.484. The third-order valence-corrected chi connectivity index (χ3v) is 7.22. The van der Waals surface area contributed by atoms with Gasteiger partial charge in [-0.15, -0.1) is 0 Å². The van der Waals surface area contributed by atoms with Gasteiger partial charge in [0.2, 0.25) is 5.91 Å². The fourth-order valence-corrected chi connectivity index (χ4v) is 5.21. The molecule has 4 rings (SSSR count). The minimum absolute atomic E-state index is 0.000708. The maximum atomic E-state index is 13.5. The van der Waals surface area contributed by atoms with E-state index in [-0.39, 0.29) is 24.2 Å². The number of ether oxygens (including phenoxy) is 2. The zero-order valence-corrected chi connectivity index (χ0v) is 24.8. The predicted octanol–water partition coefficient (Wildman–Crippen LogP) is 5.99. The lowest BCUT2D eigenvalue weighted by Gasteiger charge is -2.48. The number of benzene rings is 2. The molecule has 0 spiro atoms. The molecule has 42 heavy (non-hydrogen) atoms. The third kappa shape index (κ3) is 7.92. The molecule has 2 atom stereocenters. The molecule has 1 aliphatic heterocycles. The van der Waals surface area contributed by atoms with E-state index in [1.807, 2.05) is 30.5 Å². The number of piperazine rings is 1. The molecule has 1 aliphatic rings. The zero-order valence-electron chi connectivity index (χ0n) is 24.8. The number of fused-ring (bicyclic) bond motifs is 1. The highest BCUT2D eigenvalue weighted by Crippen LogP contribution is 2.31. The van der Waals surface area contributed by atoms with Crippen LogP contribution in [0, 0.1) is 10.1 Å². The lowest BCUT2D eigenvalue weighted by molar-refractivity contribution is -0.384. The number of H-pyrrole nitrogens is 1. The Hall–Kier alpha value is -4.28. The molecule has 11 nitrogen and oxygen atoms in total. The number of aromatic nitrogens is 1. The molecule has 11 heteroatoms. The molecule has 3 aromatic rings. The molecule has 1 fully saturated rings. The monoisotopic (exact) mass is 579 g/mol. The van der Waals surface area contributed by atoms with Crippen LogP contribution < -0.4 is 15.0 Å². The molecule has 0 bridgehead atoms. The Morgan fingerprint density at radius 3 is 2.55 bits per heavy atom. The molecular formula is C31H41N5O6. The summed E-state index contributed by atoms with van der Waals surface area (Å²) in [4.78, 5) is 43.9. The number of alkyl carbamates (subject to hydrolysis) is 1. The Bertz CT molecular complexity index is 1370. The maximum absolute atomic E-state index is 13.5. The van der Waals surface area contributed by atoms with Crippen molar-refractivity contribution in [1.29, 1.82) is 0 Å². The lowest BCUT2D eigenvalue weighted by atomic mass is 10.0. The van der Waals surface area contributed by atoms with Crippen LogP contribution in [0.3, 0.4) is 0 Å². The summed E-state index contributed by atoms with van der Waals surface area (Å²) in [6.07, 6.45) is 4.30. The summed E-state index contributed by atoms with van der Waals surface area (Å²) in [6.45, 7) is 8.72. The van der Waals surface area contributed by atoms with E-state index >= 15 is 0 Å². The number of unbranched alkanes of at least 4 members (excludes halogenated alkanes) is 2. The number of anilines is 1. The quantitative estimate of drug-likeness (QED) is 0.162. The van der Waals surface area contributed by atoms with Crippen molar-refractivity contribution in [3.05, 3.63) is 64.8 Å². The number of carbonyl (C=O) groups excluding carboxylic acids is 2. The van der Waals surface area contributed by atoms with Gasteiger partial charge in [-0.05, 0) is 70.0 Å². The highest BCUT2D eigenvalue weighted by Gasteiger charge is 2.40. The Morgan fingerprint density at radius 1 is 1.10 bits per heavy atom. The molecule has 0 saturated carbocycles. The Morgan fingerprint density at radius 2 is 1.86 bits per heavy atom. The van der Waals surface area contributed by atoms with E-state index in [1.54, 1.807) is 37.8 Å². The first-order valence-corrected chi connectivity index (χ1v) is 14.6. The minimum atomic E-state index is -0.667.